The molecule has 0 spiro atoms. The zero-order valence-corrected chi connectivity index (χ0v) is 7.83. The summed E-state index contributed by atoms with van der Waals surface area (Å²) < 4.78 is 10.3. The quantitative estimate of drug-likeness (QED) is 0.639. The molecule has 0 saturated carbocycles. The zero-order chi connectivity index (χ0) is 7.40. The van der Waals surface area contributed by atoms with Gasteiger partial charge in [0.25, 0.3) is 0 Å². The van der Waals surface area contributed by atoms with Crippen LogP contribution >= 0.6 is 23.5 Å². The molecule has 1 fully saturated rings. The highest BCUT2D eigenvalue weighted by atomic mass is 32.2. The molecule has 0 aromatic rings. The van der Waals surface area contributed by atoms with Crippen LogP contribution in [0, 0.1) is 0 Å². The molecule has 0 radical (unpaired) electrons. The number of hydrogen-bond donors (Lipinski definition) is 0. The number of thioether (sulfide) groups is 2. The fourth-order valence-corrected chi connectivity index (χ4v) is 3.27. The first-order valence-electron chi connectivity index (χ1n) is 3.15. The van der Waals surface area contributed by atoms with E-state index in [9.17, 15) is 0 Å². The summed E-state index contributed by atoms with van der Waals surface area (Å²) in [5.74, 6) is 2.08. The summed E-state index contributed by atoms with van der Waals surface area (Å²) in [7, 11) is 3.51. The Kier molecular flexibility index (Phi) is 3.91. The van der Waals surface area contributed by atoms with Gasteiger partial charge in [-0.1, -0.05) is 0 Å². The summed E-state index contributed by atoms with van der Waals surface area (Å²) in [6.45, 7) is 0. The largest absolute Gasteiger partial charge is 0.370 e. The number of ether oxygens (including phenoxy) is 2. The smallest absolute Gasteiger partial charge is 0.112 e. The Labute approximate surface area is 70.0 Å². The van der Waals surface area contributed by atoms with Crippen LogP contribution in [0.1, 0.15) is 0 Å². The highest BCUT2D eigenvalue weighted by Gasteiger charge is 2.20. The van der Waals surface area contributed by atoms with Gasteiger partial charge in [0.05, 0.1) is 0 Å². The van der Waals surface area contributed by atoms with Gasteiger partial charge in [-0.05, 0) is 0 Å². The second-order valence-corrected chi connectivity index (χ2v) is 4.38. The van der Waals surface area contributed by atoms with Gasteiger partial charge in [-0.3, -0.25) is 0 Å². The third-order valence-corrected chi connectivity index (χ3v) is 4.24. The molecule has 1 heterocycles. The molecule has 4 heteroatoms. The average Bonchev–Trinajstić information content (AvgIpc) is 2.05. The van der Waals surface area contributed by atoms with E-state index in [1.165, 1.54) is 0 Å². The second kappa shape index (κ2) is 4.49. The van der Waals surface area contributed by atoms with Crippen LogP contribution in [0.5, 0.6) is 0 Å². The van der Waals surface area contributed by atoms with Gasteiger partial charge in [-0.2, -0.15) is 0 Å². The standard InChI is InChI=1S/C6H12O2S2/c1-7-5-3-10-6(8-2)4-9-5/h5-6H,3-4H2,1-2H3. The Hall–Kier alpha value is 0.620. The third kappa shape index (κ3) is 2.34. The average molecular weight is 180 g/mol. The van der Waals surface area contributed by atoms with Crippen molar-refractivity contribution >= 4 is 23.5 Å². The van der Waals surface area contributed by atoms with Crippen molar-refractivity contribution in [2.45, 2.75) is 10.9 Å². The van der Waals surface area contributed by atoms with Crippen molar-refractivity contribution in [2.75, 3.05) is 25.7 Å². The monoisotopic (exact) mass is 180 g/mol. The molecule has 1 aliphatic heterocycles. The maximum absolute atomic E-state index is 5.17. The van der Waals surface area contributed by atoms with E-state index in [0.717, 1.165) is 11.5 Å². The first kappa shape index (κ1) is 8.71. The molecule has 2 atom stereocenters. The Morgan fingerprint density at radius 3 is 1.60 bits per heavy atom. The molecule has 2 nitrogen and oxygen atoms in total. The molecular formula is C6H12O2S2. The molecule has 0 bridgehead atoms. The van der Waals surface area contributed by atoms with E-state index in [4.69, 9.17) is 9.47 Å². The summed E-state index contributed by atoms with van der Waals surface area (Å²) in [6, 6.07) is 0. The maximum Gasteiger partial charge on any atom is 0.112 e. The first-order valence-corrected chi connectivity index (χ1v) is 5.25. The predicted octanol–water partition coefficient (Wildman–Crippen LogP) is 1.41. The fraction of sp³-hybridized carbons (Fsp3) is 1.00. The van der Waals surface area contributed by atoms with Crippen molar-refractivity contribution in [2.24, 2.45) is 0 Å². The molecule has 0 aromatic heterocycles. The van der Waals surface area contributed by atoms with Gasteiger partial charge in [0.1, 0.15) is 10.9 Å². The van der Waals surface area contributed by atoms with Crippen LogP contribution < -0.4 is 0 Å². The van der Waals surface area contributed by atoms with Crippen molar-refractivity contribution in [1.82, 2.24) is 0 Å². The number of methoxy groups -OCH3 is 2. The van der Waals surface area contributed by atoms with Crippen molar-refractivity contribution < 1.29 is 9.47 Å². The predicted molar refractivity (Wildman–Crippen MR) is 46.5 cm³/mol. The Bertz CT molecular complexity index is 79.7. The Morgan fingerprint density at radius 2 is 1.40 bits per heavy atom. The van der Waals surface area contributed by atoms with Crippen LogP contribution in [0.25, 0.3) is 0 Å². The van der Waals surface area contributed by atoms with E-state index in [2.05, 4.69) is 0 Å². The Balaban J connectivity index is 2.17. The number of hydrogen-bond acceptors (Lipinski definition) is 4. The summed E-state index contributed by atoms with van der Waals surface area (Å²) in [5.41, 5.74) is 0.743. The van der Waals surface area contributed by atoms with E-state index in [1.807, 2.05) is 23.5 Å². The molecule has 1 rings (SSSR count). The maximum atomic E-state index is 5.17. The van der Waals surface area contributed by atoms with Crippen LogP contribution in [0.2, 0.25) is 0 Å². The van der Waals surface area contributed by atoms with E-state index in [-0.39, 0.29) is 0 Å². The fourth-order valence-electron chi connectivity index (χ4n) is 0.740. The van der Waals surface area contributed by atoms with Gasteiger partial charge in [-0.15, -0.1) is 23.5 Å². The normalized spacial score (nSPS) is 34.2. The summed E-state index contributed by atoms with van der Waals surface area (Å²) in [4.78, 5) is 0. The van der Waals surface area contributed by atoms with Crippen LogP contribution in [-0.2, 0) is 9.47 Å². The zero-order valence-electron chi connectivity index (χ0n) is 6.20. The van der Waals surface area contributed by atoms with E-state index >= 15 is 0 Å². The van der Waals surface area contributed by atoms with Crippen LogP contribution in [0.3, 0.4) is 0 Å². The SMILES string of the molecule is COC1CSC(OC)CS1. The molecule has 0 amide bonds. The minimum Gasteiger partial charge on any atom is -0.370 e. The lowest BCUT2D eigenvalue weighted by atomic mass is 10.8. The number of rotatable bonds is 2. The molecule has 0 aromatic carbocycles. The van der Waals surface area contributed by atoms with Crippen molar-refractivity contribution in [3.63, 3.8) is 0 Å². The third-order valence-electron chi connectivity index (χ3n) is 1.36. The summed E-state index contributed by atoms with van der Waals surface area (Å²) >= 11 is 3.66. The van der Waals surface area contributed by atoms with Crippen molar-refractivity contribution in [3.05, 3.63) is 0 Å². The summed E-state index contributed by atoms with van der Waals surface area (Å²) in [6.07, 6.45) is 0. The first-order chi connectivity index (χ1) is 4.86. The van der Waals surface area contributed by atoms with Crippen LogP contribution in [-0.4, -0.2) is 36.6 Å². The molecule has 1 aliphatic rings. The lowest BCUT2D eigenvalue weighted by molar-refractivity contribution is 0.172. The summed E-state index contributed by atoms with van der Waals surface area (Å²) in [5, 5.41) is 0. The topological polar surface area (TPSA) is 18.5 Å². The molecule has 1 saturated heterocycles. The van der Waals surface area contributed by atoms with Gasteiger partial charge in [0.15, 0.2) is 0 Å². The van der Waals surface area contributed by atoms with E-state index in [0.29, 0.717) is 10.9 Å². The highest BCUT2D eigenvalue weighted by Crippen LogP contribution is 2.29. The van der Waals surface area contributed by atoms with Crippen LogP contribution in [0.15, 0.2) is 0 Å². The van der Waals surface area contributed by atoms with E-state index in [1.54, 1.807) is 14.2 Å². The van der Waals surface area contributed by atoms with E-state index < -0.39 is 0 Å². The lowest BCUT2D eigenvalue weighted by Gasteiger charge is -2.25. The van der Waals surface area contributed by atoms with Crippen LogP contribution in [0.4, 0.5) is 0 Å². The minimum absolute atomic E-state index is 0.372. The Morgan fingerprint density at radius 1 is 1.00 bits per heavy atom. The molecule has 2 unspecified atom stereocenters. The van der Waals surface area contributed by atoms with Crippen molar-refractivity contribution in [1.29, 1.82) is 0 Å². The second-order valence-electron chi connectivity index (χ2n) is 2.00. The lowest BCUT2D eigenvalue weighted by Crippen LogP contribution is -2.23. The molecule has 0 N–H and O–H groups in total. The molecular weight excluding hydrogens is 168 g/mol. The van der Waals surface area contributed by atoms with Gasteiger partial charge in [-0.25, -0.2) is 0 Å². The van der Waals surface area contributed by atoms with Crippen molar-refractivity contribution in [3.8, 4) is 0 Å². The van der Waals surface area contributed by atoms with Gasteiger partial charge < -0.3 is 9.47 Å². The van der Waals surface area contributed by atoms with Gasteiger partial charge in [0.2, 0.25) is 0 Å². The van der Waals surface area contributed by atoms with Gasteiger partial charge >= 0.3 is 0 Å². The highest BCUT2D eigenvalue weighted by molar-refractivity contribution is 8.06. The molecule has 60 valence electrons. The van der Waals surface area contributed by atoms with Gasteiger partial charge in [0, 0.05) is 25.7 Å². The molecule has 0 aliphatic carbocycles. The minimum atomic E-state index is 0.372. The molecule has 10 heavy (non-hydrogen) atoms.